The smallest absolute Gasteiger partial charge is 0.226 e. The lowest BCUT2D eigenvalue weighted by Gasteiger charge is -2.33. The Morgan fingerprint density at radius 3 is 2.95 bits per heavy atom. The van der Waals surface area contributed by atoms with Gasteiger partial charge < -0.3 is 9.64 Å². The third kappa shape index (κ3) is 3.69. The summed E-state index contributed by atoms with van der Waals surface area (Å²) in [4.78, 5) is 13.9. The number of nitrogens with zero attached hydrogens (tertiary/aromatic N) is 1. The van der Waals surface area contributed by atoms with Crippen molar-refractivity contribution < 1.29 is 13.9 Å². The first-order chi connectivity index (χ1) is 9.18. The van der Waals surface area contributed by atoms with Crippen molar-refractivity contribution in [3.05, 3.63) is 30.1 Å². The number of amides is 1. The van der Waals surface area contributed by atoms with E-state index < -0.39 is 0 Å². The number of carbonyl (C=O) groups is 1. The summed E-state index contributed by atoms with van der Waals surface area (Å²) in [7, 11) is 0. The van der Waals surface area contributed by atoms with Gasteiger partial charge in [-0.2, -0.15) is 0 Å². The average molecular weight is 265 g/mol. The molecule has 1 aliphatic rings. The molecule has 0 bridgehead atoms. The van der Waals surface area contributed by atoms with Crippen molar-refractivity contribution in [1.29, 1.82) is 0 Å². The molecule has 0 spiro atoms. The van der Waals surface area contributed by atoms with Gasteiger partial charge in [0.15, 0.2) is 11.6 Å². The first-order valence-electron chi connectivity index (χ1n) is 6.85. The number of benzene rings is 1. The fourth-order valence-corrected chi connectivity index (χ4v) is 2.42. The lowest BCUT2D eigenvalue weighted by Crippen LogP contribution is -2.42. The predicted molar refractivity (Wildman–Crippen MR) is 71.5 cm³/mol. The first-order valence-corrected chi connectivity index (χ1v) is 6.85. The molecule has 0 saturated carbocycles. The molecule has 2 rings (SSSR count). The van der Waals surface area contributed by atoms with Crippen LogP contribution in [0.1, 0.15) is 32.6 Å². The van der Waals surface area contributed by atoms with Gasteiger partial charge in [0, 0.05) is 12.6 Å². The Morgan fingerprint density at radius 1 is 1.42 bits per heavy atom. The van der Waals surface area contributed by atoms with Crippen LogP contribution >= 0.6 is 0 Å². The molecule has 0 N–H and O–H groups in total. The van der Waals surface area contributed by atoms with Gasteiger partial charge in [0.1, 0.15) is 0 Å². The predicted octanol–water partition coefficient (Wildman–Crippen LogP) is 3.00. The van der Waals surface area contributed by atoms with Gasteiger partial charge in [0.25, 0.3) is 0 Å². The molecular weight excluding hydrogens is 245 g/mol. The summed E-state index contributed by atoms with van der Waals surface area (Å²) < 4.78 is 18.6. The molecule has 104 valence electrons. The highest BCUT2D eigenvalue weighted by atomic mass is 19.1. The van der Waals surface area contributed by atoms with Crippen LogP contribution in [0.25, 0.3) is 0 Å². The molecule has 0 radical (unpaired) electrons. The van der Waals surface area contributed by atoms with E-state index in [9.17, 15) is 9.18 Å². The van der Waals surface area contributed by atoms with Gasteiger partial charge in [-0.1, -0.05) is 12.1 Å². The summed E-state index contributed by atoms with van der Waals surface area (Å²) in [5, 5.41) is 0. The SMILES string of the molecule is CC1CCCCN1C(=O)CCOc1ccccc1F. The maximum atomic E-state index is 13.3. The van der Waals surface area contributed by atoms with Gasteiger partial charge in [-0.15, -0.1) is 0 Å². The molecule has 19 heavy (non-hydrogen) atoms. The second kappa shape index (κ2) is 6.55. The van der Waals surface area contributed by atoms with Gasteiger partial charge >= 0.3 is 0 Å². The second-order valence-corrected chi connectivity index (χ2v) is 4.96. The summed E-state index contributed by atoms with van der Waals surface area (Å²) >= 11 is 0. The molecule has 1 heterocycles. The van der Waals surface area contributed by atoms with Crippen molar-refractivity contribution in [2.24, 2.45) is 0 Å². The van der Waals surface area contributed by atoms with E-state index in [4.69, 9.17) is 4.74 Å². The van der Waals surface area contributed by atoms with Gasteiger partial charge in [0.2, 0.25) is 5.91 Å². The Balaban J connectivity index is 1.79. The van der Waals surface area contributed by atoms with Crippen LogP contribution < -0.4 is 4.74 Å². The van der Waals surface area contributed by atoms with E-state index in [1.807, 2.05) is 4.90 Å². The molecule has 1 unspecified atom stereocenters. The molecule has 3 nitrogen and oxygen atoms in total. The van der Waals surface area contributed by atoms with Crippen LogP contribution in [0.3, 0.4) is 0 Å². The third-order valence-electron chi connectivity index (χ3n) is 3.53. The number of halogens is 1. The maximum Gasteiger partial charge on any atom is 0.226 e. The summed E-state index contributed by atoms with van der Waals surface area (Å²) in [5.41, 5.74) is 0. The summed E-state index contributed by atoms with van der Waals surface area (Å²) in [5.74, 6) is -0.0770. The molecule has 1 atom stereocenters. The van der Waals surface area contributed by atoms with Crippen LogP contribution in [0.5, 0.6) is 5.75 Å². The van der Waals surface area contributed by atoms with Crippen LogP contribution in [0, 0.1) is 5.82 Å². The van der Waals surface area contributed by atoms with Crippen LogP contribution in [0.15, 0.2) is 24.3 Å². The normalized spacial score (nSPS) is 19.3. The van der Waals surface area contributed by atoms with Crippen LogP contribution in [0.2, 0.25) is 0 Å². The number of hydrogen-bond donors (Lipinski definition) is 0. The minimum atomic E-state index is -0.388. The molecule has 1 aromatic carbocycles. The highest BCUT2D eigenvalue weighted by Crippen LogP contribution is 2.18. The zero-order chi connectivity index (χ0) is 13.7. The topological polar surface area (TPSA) is 29.5 Å². The summed E-state index contributed by atoms with van der Waals surface area (Å²) in [6, 6.07) is 6.57. The number of piperidine rings is 1. The Bertz CT molecular complexity index is 436. The van der Waals surface area contributed by atoms with Gasteiger partial charge in [-0.25, -0.2) is 4.39 Å². The standard InChI is InChI=1S/C15H20FNO2/c1-12-6-4-5-10-17(12)15(18)9-11-19-14-8-3-2-7-13(14)16/h2-3,7-8,12H,4-6,9-11H2,1H3. The molecular formula is C15H20FNO2. The molecule has 4 heteroatoms. The third-order valence-corrected chi connectivity index (χ3v) is 3.53. The van der Waals surface area contributed by atoms with E-state index in [-0.39, 0.29) is 24.1 Å². The molecule has 1 aromatic rings. The monoisotopic (exact) mass is 265 g/mol. The minimum Gasteiger partial charge on any atom is -0.490 e. The van der Waals surface area contributed by atoms with Crippen LogP contribution in [0.4, 0.5) is 4.39 Å². The molecule has 0 aromatic heterocycles. The van der Waals surface area contributed by atoms with E-state index in [2.05, 4.69) is 6.92 Å². The quantitative estimate of drug-likeness (QED) is 0.837. The fraction of sp³-hybridized carbons (Fsp3) is 0.533. The van der Waals surface area contributed by atoms with E-state index in [0.717, 1.165) is 19.4 Å². The Hall–Kier alpha value is -1.58. The van der Waals surface area contributed by atoms with Crippen molar-refractivity contribution in [2.45, 2.75) is 38.6 Å². The van der Waals surface area contributed by atoms with E-state index in [1.165, 1.54) is 12.5 Å². The first kappa shape index (κ1) is 13.8. The van der Waals surface area contributed by atoms with Gasteiger partial charge in [-0.05, 0) is 38.3 Å². The largest absolute Gasteiger partial charge is 0.490 e. The van der Waals surface area contributed by atoms with Crippen molar-refractivity contribution in [2.75, 3.05) is 13.2 Å². The Labute approximate surface area is 113 Å². The van der Waals surface area contributed by atoms with Crippen LogP contribution in [-0.2, 0) is 4.79 Å². The number of carbonyl (C=O) groups excluding carboxylic acids is 1. The van der Waals surface area contributed by atoms with Gasteiger partial charge in [-0.3, -0.25) is 4.79 Å². The zero-order valence-corrected chi connectivity index (χ0v) is 11.3. The maximum absolute atomic E-state index is 13.3. The molecule has 1 amide bonds. The van der Waals surface area contributed by atoms with Crippen molar-refractivity contribution >= 4 is 5.91 Å². The van der Waals surface area contributed by atoms with Gasteiger partial charge in [0.05, 0.1) is 13.0 Å². The number of rotatable bonds is 4. The van der Waals surface area contributed by atoms with E-state index in [1.54, 1.807) is 18.2 Å². The van der Waals surface area contributed by atoms with E-state index >= 15 is 0 Å². The number of para-hydroxylation sites is 1. The Morgan fingerprint density at radius 2 is 2.21 bits per heavy atom. The highest BCUT2D eigenvalue weighted by Gasteiger charge is 2.22. The molecule has 1 saturated heterocycles. The molecule has 1 aliphatic heterocycles. The second-order valence-electron chi connectivity index (χ2n) is 4.96. The summed E-state index contributed by atoms with van der Waals surface area (Å²) in [6.45, 7) is 3.14. The highest BCUT2D eigenvalue weighted by molar-refractivity contribution is 5.76. The number of likely N-dealkylation sites (tertiary alicyclic amines) is 1. The minimum absolute atomic E-state index is 0.100. The fourth-order valence-electron chi connectivity index (χ4n) is 2.42. The van der Waals surface area contributed by atoms with E-state index in [0.29, 0.717) is 12.5 Å². The van der Waals surface area contributed by atoms with Crippen molar-refractivity contribution in [3.63, 3.8) is 0 Å². The number of ether oxygens (including phenoxy) is 1. The van der Waals surface area contributed by atoms with Crippen molar-refractivity contribution in [1.82, 2.24) is 4.90 Å². The number of hydrogen-bond acceptors (Lipinski definition) is 2. The van der Waals surface area contributed by atoms with Crippen molar-refractivity contribution in [3.8, 4) is 5.75 Å². The lowest BCUT2D eigenvalue weighted by molar-refractivity contribution is -0.134. The zero-order valence-electron chi connectivity index (χ0n) is 11.3. The average Bonchev–Trinajstić information content (AvgIpc) is 2.41. The Kier molecular flexibility index (Phi) is 4.77. The molecule has 0 aliphatic carbocycles. The van der Waals surface area contributed by atoms with Crippen LogP contribution in [-0.4, -0.2) is 30.0 Å². The summed E-state index contributed by atoms with van der Waals surface area (Å²) in [6.07, 6.45) is 3.64. The molecule has 1 fully saturated rings. The lowest BCUT2D eigenvalue weighted by atomic mass is 10.0.